The number of aromatic nitrogens is 1. The lowest BCUT2D eigenvalue weighted by Crippen LogP contribution is -1.80. The molecule has 2 rings (SSSR count). The van der Waals surface area contributed by atoms with E-state index in [2.05, 4.69) is 4.37 Å². The molecule has 0 aliphatic carbocycles. The highest BCUT2D eigenvalue weighted by molar-refractivity contribution is 7.14. The van der Waals surface area contributed by atoms with Crippen LogP contribution in [0.15, 0.2) is 12.1 Å². The molecule has 1 aromatic heterocycles. The molecule has 0 saturated heterocycles. The van der Waals surface area contributed by atoms with E-state index in [4.69, 9.17) is 11.6 Å². The van der Waals surface area contributed by atoms with E-state index in [0.717, 1.165) is 22.1 Å². The molecule has 0 atom stereocenters. The van der Waals surface area contributed by atoms with E-state index in [1.807, 2.05) is 13.0 Å². The Labute approximate surface area is 84.3 Å². The van der Waals surface area contributed by atoms with E-state index in [0.29, 0.717) is 10.6 Å². The number of halogens is 1. The average molecular weight is 212 g/mol. The highest BCUT2D eigenvalue weighted by atomic mass is 35.5. The fourth-order valence-electron chi connectivity index (χ4n) is 1.21. The second-order valence-electron chi connectivity index (χ2n) is 2.77. The van der Waals surface area contributed by atoms with Crippen molar-refractivity contribution in [2.75, 3.05) is 0 Å². The Balaban J connectivity index is 2.87. The predicted molar refractivity (Wildman–Crippen MR) is 54.8 cm³/mol. The normalized spacial score (nSPS) is 10.6. The summed E-state index contributed by atoms with van der Waals surface area (Å²) in [6.07, 6.45) is 0.794. The van der Waals surface area contributed by atoms with Crippen LogP contribution in [-0.4, -0.2) is 10.7 Å². The molecule has 0 N–H and O–H groups in total. The van der Waals surface area contributed by atoms with Gasteiger partial charge in [-0.2, -0.15) is 4.37 Å². The zero-order valence-corrected chi connectivity index (χ0v) is 8.45. The van der Waals surface area contributed by atoms with E-state index < -0.39 is 0 Å². The standard InChI is InChI=1S/C9H6ClNOS/c1-5-7-2-6(4-12)3-8(10)9(7)13-11-5/h2-4H,1H3. The summed E-state index contributed by atoms with van der Waals surface area (Å²) in [5.74, 6) is 0. The topological polar surface area (TPSA) is 30.0 Å². The van der Waals surface area contributed by atoms with Gasteiger partial charge in [0.05, 0.1) is 15.4 Å². The number of carbonyl (C=O) groups excluding carboxylic acids is 1. The summed E-state index contributed by atoms with van der Waals surface area (Å²) in [6, 6.07) is 3.47. The van der Waals surface area contributed by atoms with Crippen molar-refractivity contribution in [3.05, 3.63) is 28.4 Å². The third-order valence-corrected chi connectivity index (χ3v) is 3.26. The van der Waals surface area contributed by atoms with Gasteiger partial charge in [-0.25, -0.2) is 0 Å². The van der Waals surface area contributed by atoms with Gasteiger partial charge in [-0.1, -0.05) is 11.6 Å². The van der Waals surface area contributed by atoms with E-state index in [9.17, 15) is 4.79 Å². The van der Waals surface area contributed by atoms with Gasteiger partial charge in [0.1, 0.15) is 6.29 Å². The molecule has 0 aliphatic heterocycles. The molecule has 13 heavy (non-hydrogen) atoms. The van der Waals surface area contributed by atoms with Crippen molar-refractivity contribution in [3.63, 3.8) is 0 Å². The van der Waals surface area contributed by atoms with Crippen LogP contribution < -0.4 is 0 Å². The highest BCUT2D eigenvalue weighted by Crippen LogP contribution is 2.30. The first-order valence-electron chi connectivity index (χ1n) is 3.73. The smallest absolute Gasteiger partial charge is 0.150 e. The van der Waals surface area contributed by atoms with Crippen LogP contribution in [0, 0.1) is 6.92 Å². The number of aldehydes is 1. The summed E-state index contributed by atoms with van der Waals surface area (Å²) in [4.78, 5) is 10.6. The second-order valence-corrected chi connectivity index (χ2v) is 3.95. The van der Waals surface area contributed by atoms with Crippen LogP contribution in [0.4, 0.5) is 0 Å². The minimum Gasteiger partial charge on any atom is -0.298 e. The summed E-state index contributed by atoms with van der Waals surface area (Å²) >= 11 is 7.33. The Bertz CT molecular complexity index is 478. The molecule has 0 saturated carbocycles. The lowest BCUT2D eigenvalue weighted by molar-refractivity contribution is 0.112. The summed E-state index contributed by atoms with van der Waals surface area (Å²) in [6.45, 7) is 1.91. The first-order chi connectivity index (χ1) is 6.22. The lowest BCUT2D eigenvalue weighted by Gasteiger charge is -1.95. The van der Waals surface area contributed by atoms with Crippen LogP contribution in [0.1, 0.15) is 16.1 Å². The third kappa shape index (κ3) is 1.34. The Morgan fingerprint density at radius 1 is 1.54 bits per heavy atom. The highest BCUT2D eigenvalue weighted by Gasteiger charge is 2.07. The van der Waals surface area contributed by atoms with Crippen LogP contribution in [0.5, 0.6) is 0 Å². The van der Waals surface area contributed by atoms with Crippen LogP contribution in [-0.2, 0) is 0 Å². The largest absolute Gasteiger partial charge is 0.298 e. The molecule has 0 bridgehead atoms. The van der Waals surface area contributed by atoms with Crippen molar-refractivity contribution in [1.29, 1.82) is 0 Å². The number of nitrogens with zero attached hydrogens (tertiary/aromatic N) is 1. The van der Waals surface area contributed by atoms with E-state index in [1.165, 1.54) is 11.5 Å². The lowest BCUT2D eigenvalue weighted by atomic mass is 10.1. The summed E-state index contributed by atoms with van der Waals surface area (Å²) in [7, 11) is 0. The van der Waals surface area contributed by atoms with Crippen molar-refractivity contribution >= 4 is 39.5 Å². The molecule has 0 unspecified atom stereocenters. The maximum absolute atomic E-state index is 10.6. The van der Waals surface area contributed by atoms with Crippen molar-refractivity contribution in [3.8, 4) is 0 Å². The van der Waals surface area contributed by atoms with Gasteiger partial charge >= 0.3 is 0 Å². The SMILES string of the molecule is Cc1nsc2c(Cl)cc(C=O)cc12. The maximum Gasteiger partial charge on any atom is 0.150 e. The number of hydrogen-bond acceptors (Lipinski definition) is 3. The molecular formula is C9H6ClNOS. The molecule has 0 aliphatic rings. The molecule has 1 heterocycles. The summed E-state index contributed by atoms with van der Waals surface area (Å²) in [5, 5.41) is 1.57. The summed E-state index contributed by atoms with van der Waals surface area (Å²) in [5.41, 5.74) is 1.52. The molecule has 2 aromatic rings. The van der Waals surface area contributed by atoms with Gasteiger partial charge < -0.3 is 0 Å². The zero-order valence-electron chi connectivity index (χ0n) is 6.87. The Hall–Kier alpha value is -0.930. The molecular weight excluding hydrogens is 206 g/mol. The van der Waals surface area contributed by atoms with Crippen LogP contribution in [0.3, 0.4) is 0 Å². The van der Waals surface area contributed by atoms with Crippen molar-refractivity contribution in [2.24, 2.45) is 0 Å². The van der Waals surface area contributed by atoms with Crippen molar-refractivity contribution < 1.29 is 4.79 Å². The molecule has 0 amide bonds. The number of benzene rings is 1. The summed E-state index contributed by atoms with van der Waals surface area (Å²) < 4.78 is 5.12. The Morgan fingerprint density at radius 3 is 3.00 bits per heavy atom. The van der Waals surface area contributed by atoms with E-state index in [-0.39, 0.29) is 0 Å². The van der Waals surface area contributed by atoms with Gasteiger partial charge in [-0.3, -0.25) is 4.79 Å². The molecule has 2 nitrogen and oxygen atoms in total. The molecule has 4 heteroatoms. The van der Waals surface area contributed by atoms with Gasteiger partial charge in [0.25, 0.3) is 0 Å². The number of carbonyl (C=O) groups is 1. The number of fused-ring (bicyclic) bond motifs is 1. The van der Waals surface area contributed by atoms with Gasteiger partial charge in [-0.05, 0) is 30.6 Å². The van der Waals surface area contributed by atoms with Crippen molar-refractivity contribution in [2.45, 2.75) is 6.92 Å². The Morgan fingerprint density at radius 2 is 2.31 bits per heavy atom. The van der Waals surface area contributed by atoms with Gasteiger partial charge in [0.15, 0.2) is 0 Å². The zero-order chi connectivity index (χ0) is 9.42. The minimum atomic E-state index is 0.598. The van der Waals surface area contributed by atoms with E-state index in [1.54, 1.807) is 6.07 Å². The monoisotopic (exact) mass is 211 g/mol. The van der Waals surface area contributed by atoms with E-state index >= 15 is 0 Å². The number of rotatable bonds is 1. The molecule has 1 aromatic carbocycles. The quantitative estimate of drug-likeness (QED) is 0.679. The fourth-order valence-corrected chi connectivity index (χ4v) is 2.32. The average Bonchev–Trinajstić information content (AvgIpc) is 2.48. The van der Waals surface area contributed by atoms with Gasteiger partial charge in [0, 0.05) is 10.9 Å². The number of hydrogen-bond donors (Lipinski definition) is 0. The molecule has 0 radical (unpaired) electrons. The fraction of sp³-hybridized carbons (Fsp3) is 0.111. The maximum atomic E-state index is 10.6. The first-order valence-corrected chi connectivity index (χ1v) is 4.88. The van der Waals surface area contributed by atoms with Crippen LogP contribution >= 0.6 is 23.1 Å². The van der Waals surface area contributed by atoms with Gasteiger partial charge in [0.2, 0.25) is 0 Å². The number of aryl methyl sites for hydroxylation is 1. The molecule has 0 fully saturated rings. The second kappa shape index (κ2) is 3.09. The van der Waals surface area contributed by atoms with Gasteiger partial charge in [-0.15, -0.1) is 0 Å². The third-order valence-electron chi connectivity index (χ3n) is 1.87. The molecule has 0 spiro atoms. The predicted octanol–water partition coefficient (Wildman–Crippen LogP) is 3.07. The minimum absolute atomic E-state index is 0.598. The van der Waals surface area contributed by atoms with Crippen LogP contribution in [0.2, 0.25) is 5.02 Å². The first kappa shape index (κ1) is 8.66. The molecule has 66 valence electrons. The Kier molecular flexibility index (Phi) is 2.06. The van der Waals surface area contributed by atoms with Crippen LogP contribution in [0.25, 0.3) is 10.1 Å². The van der Waals surface area contributed by atoms with Crippen molar-refractivity contribution in [1.82, 2.24) is 4.37 Å².